The van der Waals surface area contributed by atoms with Crippen LogP contribution in [0.5, 0.6) is 5.75 Å². The van der Waals surface area contributed by atoms with Crippen LogP contribution in [0, 0.1) is 5.92 Å². The predicted octanol–water partition coefficient (Wildman–Crippen LogP) is 3.44. The molecule has 0 bridgehead atoms. The molecule has 2 heteroatoms. The second-order valence-electron chi connectivity index (χ2n) is 5.78. The summed E-state index contributed by atoms with van der Waals surface area (Å²) in [5.41, 5.74) is 3.96. The van der Waals surface area contributed by atoms with Crippen molar-refractivity contribution in [2.24, 2.45) is 5.92 Å². The third-order valence-corrected chi connectivity index (χ3v) is 4.60. The lowest BCUT2D eigenvalue weighted by atomic mass is 9.86. The summed E-state index contributed by atoms with van der Waals surface area (Å²) in [6.07, 6.45) is 1.16. The van der Waals surface area contributed by atoms with E-state index in [1.54, 1.807) is 0 Å². The molecule has 1 fully saturated rings. The maximum atomic E-state index is 5.95. The molecule has 1 saturated heterocycles. The Morgan fingerprint density at radius 3 is 2.75 bits per heavy atom. The van der Waals surface area contributed by atoms with Gasteiger partial charge in [0.05, 0.1) is 6.61 Å². The van der Waals surface area contributed by atoms with Crippen molar-refractivity contribution in [3.05, 3.63) is 54.1 Å². The van der Waals surface area contributed by atoms with Crippen LogP contribution in [-0.4, -0.2) is 19.7 Å². The molecule has 1 unspecified atom stereocenters. The van der Waals surface area contributed by atoms with Crippen LogP contribution >= 0.6 is 0 Å². The highest BCUT2D eigenvalue weighted by Crippen LogP contribution is 2.40. The summed E-state index contributed by atoms with van der Waals surface area (Å²) in [5, 5.41) is 3.54. The van der Waals surface area contributed by atoms with Gasteiger partial charge in [0.2, 0.25) is 0 Å². The van der Waals surface area contributed by atoms with Gasteiger partial charge in [-0.25, -0.2) is 0 Å². The number of ether oxygens (including phenoxy) is 1. The van der Waals surface area contributed by atoms with Gasteiger partial charge in [0.25, 0.3) is 0 Å². The molecule has 2 nitrogen and oxygen atoms in total. The third-order valence-electron chi connectivity index (χ3n) is 4.60. The lowest BCUT2D eigenvalue weighted by Crippen LogP contribution is -2.11. The van der Waals surface area contributed by atoms with Gasteiger partial charge >= 0.3 is 0 Å². The third kappa shape index (κ3) is 2.01. The van der Waals surface area contributed by atoms with Gasteiger partial charge in [-0.05, 0) is 47.7 Å². The van der Waals surface area contributed by atoms with E-state index in [1.165, 1.54) is 16.7 Å². The Hall–Kier alpha value is -1.80. The van der Waals surface area contributed by atoms with E-state index in [0.717, 1.165) is 37.8 Å². The Morgan fingerprint density at radius 1 is 0.950 bits per heavy atom. The quantitative estimate of drug-likeness (QED) is 0.853. The molecule has 0 spiro atoms. The largest absolute Gasteiger partial charge is 0.493 e. The van der Waals surface area contributed by atoms with Crippen molar-refractivity contribution in [3.8, 4) is 16.9 Å². The molecule has 102 valence electrons. The fourth-order valence-electron chi connectivity index (χ4n) is 3.50. The number of fused-ring (bicyclic) bond motifs is 3. The normalized spacial score (nSPS) is 24.4. The fourth-order valence-corrected chi connectivity index (χ4v) is 3.50. The van der Waals surface area contributed by atoms with Crippen molar-refractivity contribution in [2.45, 2.75) is 12.3 Å². The maximum Gasteiger partial charge on any atom is 0.122 e. The first kappa shape index (κ1) is 12.0. The summed E-state index contributed by atoms with van der Waals surface area (Å²) >= 11 is 0. The highest BCUT2D eigenvalue weighted by molar-refractivity contribution is 5.66. The smallest absolute Gasteiger partial charge is 0.122 e. The van der Waals surface area contributed by atoms with Gasteiger partial charge < -0.3 is 10.1 Å². The Kier molecular flexibility index (Phi) is 2.96. The SMILES string of the molecule is c1ccc(-c2ccc3c(c2)[C@H]2CNCC2CCO3)cc1. The molecule has 0 aromatic heterocycles. The number of rotatable bonds is 1. The highest BCUT2D eigenvalue weighted by atomic mass is 16.5. The van der Waals surface area contributed by atoms with Crippen LogP contribution in [0.3, 0.4) is 0 Å². The lowest BCUT2D eigenvalue weighted by Gasteiger charge is -2.17. The first-order valence-corrected chi connectivity index (χ1v) is 7.45. The van der Waals surface area contributed by atoms with Crippen molar-refractivity contribution in [3.63, 3.8) is 0 Å². The Morgan fingerprint density at radius 2 is 1.85 bits per heavy atom. The Balaban J connectivity index is 1.79. The van der Waals surface area contributed by atoms with Crippen LogP contribution < -0.4 is 10.1 Å². The van der Waals surface area contributed by atoms with Crippen molar-refractivity contribution >= 4 is 0 Å². The second-order valence-corrected chi connectivity index (χ2v) is 5.78. The van der Waals surface area contributed by atoms with Crippen molar-refractivity contribution < 1.29 is 4.74 Å². The molecule has 20 heavy (non-hydrogen) atoms. The zero-order chi connectivity index (χ0) is 13.4. The molecule has 0 aliphatic carbocycles. The van der Waals surface area contributed by atoms with Crippen LogP contribution in [0.1, 0.15) is 17.9 Å². The molecule has 0 radical (unpaired) electrons. The molecule has 0 saturated carbocycles. The van der Waals surface area contributed by atoms with Crippen LogP contribution in [0.2, 0.25) is 0 Å². The minimum Gasteiger partial charge on any atom is -0.493 e. The molecule has 2 aromatic rings. The van der Waals surface area contributed by atoms with Crippen LogP contribution in [0.25, 0.3) is 11.1 Å². The standard InChI is InChI=1S/C18H19NO/c1-2-4-13(5-3-1)14-6-7-18-16(10-14)17-12-19-11-15(17)8-9-20-18/h1-7,10,15,17,19H,8-9,11-12H2/t15?,17-/m0/s1. The lowest BCUT2D eigenvalue weighted by molar-refractivity contribution is 0.296. The first-order chi connectivity index (χ1) is 9.92. The van der Waals surface area contributed by atoms with E-state index in [9.17, 15) is 0 Å². The average molecular weight is 265 g/mol. The van der Waals surface area contributed by atoms with E-state index in [2.05, 4.69) is 53.8 Å². The predicted molar refractivity (Wildman–Crippen MR) is 81.1 cm³/mol. The number of hydrogen-bond donors (Lipinski definition) is 1. The summed E-state index contributed by atoms with van der Waals surface area (Å²) < 4.78 is 5.95. The summed E-state index contributed by atoms with van der Waals surface area (Å²) in [5.74, 6) is 2.42. The van der Waals surface area contributed by atoms with E-state index in [1.807, 2.05) is 0 Å². The van der Waals surface area contributed by atoms with Gasteiger partial charge in [-0.2, -0.15) is 0 Å². The Bertz CT molecular complexity index is 608. The molecule has 4 rings (SSSR count). The minimum atomic E-state index is 0.608. The van der Waals surface area contributed by atoms with E-state index >= 15 is 0 Å². The second kappa shape index (κ2) is 4.95. The topological polar surface area (TPSA) is 21.3 Å². The molecule has 2 aromatic carbocycles. The number of benzene rings is 2. The molecular formula is C18H19NO. The van der Waals surface area contributed by atoms with Crippen molar-refractivity contribution in [1.82, 2.24) is 5.32 Å². The molecule has 2 aliphatic rings. The summed E-state index contributed by atoms with van der Waals surface area (Å²) in [6, 6.07) is 17.3. The van der Waals surface area contributed by atoms with Crippen LogP contribution in [0.15, 0.2) is 48.5 Å². The molecule has 1 N–H and O–H groups in total. The Labute approximate surface area is 119 Å². The zero-order valence-corrected chi connectivity index (χ0v) is 11.5. The van der Waals surface area contributed by atoms with Crippen LogP contribution in [0.4, 0.5) is 0 Å². The van der Waals surface area contributed by atoms with Gasteiger partial charge in [-0.3, -0.25) is 0 Å². The minimum absolute atomic E-state index is 0.608. The zero-order valence-electron chi connectivity index (χ0n) is 11.5. The van der Waals surface area contributed by atoms with Crippen LogP contribution in [-0.2, 0) is 0 Å². The van der Waals surface area contributed by atoms with Gasteiger partial charge in [-0.15, -0.1) is 0 Å². The molecule has 2 heterocycles. The fraction of sp³-hybridized carbons (Fsp3) is 0.333. The monoisotopic (exact) mass is 265 g/mol. The van der Waals surface area contributed by atoms with Gasteiger partial charge in [0.15, 0.2) is 0 Å². The number of hydrogen-bond acceptors (Lipinski definition) is 2. The highest BCUT2D eigenvalue weighted by Gasteiger charge is 2.32. The molecule has 2 aliphatic heterocycles. The van der Waals surface area contributed by atoms with E-state index in [0.29, 0.717) is 5.92 Å². The van der Waals surface area contributed by atoms with E-state index < -0.39 is 0 Å². The van der Waals surface area contributed by atoms with Gasteiger partial charge in [-0.1, -0.05) is 36.4 Å². The van der Waals surface area contributed by atoms with E-state index in [-0.39, 0.29) is 0 Å². The molecular weight excluding hydrogens is 246 g/mol. The summed E-state index contributed by atoms with van der Waals surface area (Å²) in [6.45, 7) is 3.06. The van der Waals surface area contributed by atoms with Crippen molar-refractivity contribution in [1.29, 1.82) is 0 Å². The molecule has 2 atom stereocenters. The van der Waals surface area contributed by atoms with Crippen molar-refractivity contribution in [2.75, 3.05) is 19.7 Å². The summed E-state index contributed by atoms with van der Waals surface area (Å²) in [4.78, 5) is 0. The molecule has 0 amide bonds. The van der Waals surface area contributed by atoms with Gasteiger partial charge in [0.1, 0.15) is 5.75 Å². The maximum absolute atomic E-state index is 5.95. The average Bonchev–Trinajstić information content (AvgIpc) is 2.90. The summed E-state index contributed by atoms with van der Waals surface area (Å²) in [7, 11) is 0. The number of nitrogens with one attached hydrogen (secondary N) is 1. The van der Waals surface area contributed by atoms with Gasteiger partial charge in [0, 0.05) is 12.5 Å². The first-order valence-electron chi connectivity index (χ1n) is 7.45. The van der Waals surface area contributed by atoms with E-state index in [4.69, 9.17) is 4.74 Å².